The van der Waals surface area contributed by atoms with Crippen molar-refractivity contribution >= 4 is 44.1 Å². The van der Waals surface area contributed by atoms with Crippen molar-refractivity contribution in [2.45, 2.75) is 19.3 Å². The summed E-state index contributed by atoms with van der Waals surface area (Å²) in [5.41, 5.74) is 5.54. The van der Waals surface area contributed by atoms with Gasteiger partial charge in [0.15, 0.2) is 0 Å². The molecule has 1 heterocycles. The lowest BCUT2D eigenvalue weighted by Crippen LogP contribution is -2.16. The molecule has 0 atom stereocenters. The van der Waals surface area contributed by atoms with Crippen molar-refractivity contribution in [3.63, 3.8) is 0 Å². The van der Waals surface area contributed by atoms with Gasteiger partial charge in [0.25, 0.3) is 5.91 Å². The molecule has 0 saturated heterocycles. The van der Waals surface area contributed by atoms with Crippen molar-refractivity contribution in [3.05, 3.63) is 17.0 Å². The Labute approximate surface area is 106 Å². The van der Waals surface area contributed by atoms with Gasteiger partial charge in [-0.05, 0) is 24.3 Å². The molecular weight excluding hydrogens is 292 g/mol. The number of carbonyl (C=O) groups is 2. The molecule has 0 aliphatic carbocycles. The lowest BCUT2D eigenvalue weighted by atomic mass is 10.2. The molecule has 0 aromatic carbocycles. The highest BCUT2D eigenvalue weighted by Crippen LogP contribution is 2.22. The maximum absolute atomic E-state index is 11.5. The van der Waals surface area contributed by atoms with Gasteiger partial charge >= 0.3 is 0 Å². The van der Waals surface area contributed by atoms with Crippen LogP contribution in [0.15, 0.2) is 11.4 Å². The van der Waals surface area contributed by atoms with E-state index in [-0.39, 0.29) is 5.91 Å². The Morgan fingerprint density at radius 3 is 2.81 bits per heavy atom. The molecule has 0 aliphatic heterocycles. The van der Waals surface area contributed by atoms with Crippen molar-refractivity contribution in [2.24, 2.45) is 5.73 Å². The molecule has 4 nitrogen and oxygen atoms in total. The summed E-state index contributed by atoms with van der Waals surface area (Å²) >= 11 is 4.60. The third-order valence-corrected chi connectivity index (χ3v) is 3.36. The summed E-state index contributed by atoms with van der Waals surface area (Å²) in [7, 11) is 0. The summed E-state index contributed by atoms with van der Waals surface area (Å²) in [4.78, 5) is 22.5. The van der Waals surface area contributed by atoms with Gasteiger partial charge in [-0.3, -0.25) is 9.59 Å². The molecule has 0 spiro atoms. The van der Waals surface area contributed by atoms with E-state index in [9.17, 15) is 9.59 Å². The number of primary amides is 1. The predicted molar refractivity (Wildman–Crippen MR) is 69.1 cm³/mol. The van der Waals surface area contributed by atoms with Crippen LogP contribution in [-0.2, 0) is 4.79 Å². The van der Waals surface area contributed by atoms with Crippen LogP contribution in [0.3, 0.4) is 0 Å². The molecule has 1 rings (SSSR count). The molecule has 3 N–H and O–H groups in total. The molecule has 0 aliphatic rings. The minimum atomic E-state index is -0.517. The zero-order valence-electron chi connectivity index (χ0n) is 8.66. The van der Waals surface area contributed by atoms with Crippen molar-refractivity contribution in [1.29, 1.82) is 0 Å². The lowest BCUT2D eigenvalue weighted by Gasteiger charge is -2.03. The van der Waals surface area contributed by atoms with Crippen LogP contribution in [-0.4, -0.2) is 17.1 Å². The number of amides is 2. The number of unbranched alkanes of at least 4 members (excludes halogenated alkanes) is 1. The second-order valence-corrected chi connectivity index (χ2v) is 4.93. The van der Waals surface area contributed by atoms with Crippen molar-refractivity contribution in [3.8, 4) is 0 Å². The summed E-state index contributed by atoms with van der Waals surface area (Å²) in [6.07, 6.45) is 2.25. The molecule has 0 fully saturated rings. The number of hydrogen-bond acceptors (Lipinski definition) is 3. The first-order valence-electron chi connectivity index (χ1n) is 4.88. The summed E-state index contributed by atoms with van der Waals surface area (Å²) < 4.78 is 0. The van der Waals surface area contributed by atoms with Crippen LogP contribution >= 0.6 is 27.3 Å². The highest BCUT2D eigenvalue weighted by Gasteiger charge is 2.11. The van der Waals surface area contributed by atoms with Gasteiger partial charge in [0, 0.05) is 11.8 Å². The van der Waals surface area contributed by atoms with Crippen LogP contribution in [0.5, 0.6) is 0 Å². The van der Waals surface area contributed by atoms with Gasteiger partial charge in [-0.15, -0.1) is 11.3 Å². The topological polar surface area (TPSA) is 72.2 Å². The van der Waals surface area contributed by atoms with Gasteiger partial charge in [-0.2, -0.15) is 0 Å². The number of halogens is 1. The SMILES string of the molecule is NC(=O)c1ccsc1NC(=O)CCCCBr. The fraction of sp³-hybridized carbons (Fsp3) is 0.400. The predicted octanol–water partition coefficient (Wildman–Crippen LogP) is 2.35. The Kier molecular flexibility index (Phi) is 5.48. The molecule has 1 aromatic rings. The van der Waals surface area contributed by atoms with Crippen molar-refractivity contribution in [1.82, 2.24) is 0 Å². The summed E-state index contributed by atoms with van der Waals surface area (Å²) in [5, 5.41) is 5.86. The van der Waals surface area contributed by atoms with Crippen LogP contribution in [0, 0.1) is 0 Å². The van der Waals surface area contributed by atoms with Gasteiger partial charge in [0.05, 0.1) is 5.56 Å². The monoisotopic (exact) mass is 304 g/mol. The zero-order chi connectivity index (χ0) is 12.0. The third kappa shape index (κ3) is 3.94. The van der Waals surface area contributed by atoms with E-state index < -0.39 is 5.91 Å². The number of nitrogens with two attached hydrogens (primary N) is 1. The molecule has 1 aromatic heterocycles. The molecule has 16 heavy (non-hydrogen) atoms. The minimum absolute atomic E-state index is 0.0779. The Morgan fingerprint density at radius 1 is 1.44 bits per heavy atom. The van der Waals surface area contributed by atoms with Crippen molar-refractivity contribution in [2.75, 3.05) is 10.6 Å². The Hall–Kier alpha value is -0.880. The van der Waals surface area contributed by atoms with E-state index in [1.54, 1.807) is 11.4 Å². The van der Waals surface area contributed by atoms with Gasteiger partial charge in [-0.1, -0.05) is 15.9 Å². The van der Waals surface area contributed by atoms with Crippen molar-refractivity contribution < 1.29 is 9.59 Å². The first-order chi connectivity index (χ1) is 7.65. The second-order valence-electron chi connectivity index (χ2n) is 3.22. The molecular formula is C10H13BrN2O2S. The van der Waals surface area contributed by atoms with Gasteiger partial charge in [-0.25, -0.2) is 0 Å². The van der Waals surface area contributed by atoms with Gasteiger partial charge < -0.3 is 11.1 Å². The molecule has 88 valence electrons. The van der Waals surface area contributed by atoms with Gasteiger partial charge in [0.2, 0.25) is 5.91 Å². The maximum atomic E-state index is 11.5. The normalized spacial score (nSPS) is 10.1. The van der Waals surface area contributed by atoms with Crippen LogP contribution in [0.4, 0.5) is 5.00 Å². The number of carbonyl (C=O) groups excluding carboxylic acids is 2. The quantitative estimate of drug-likeness (QED) is 0.625. The Balaban J connectivity index is 2.49. The second kappa shape index (κ2) is 6.65. The van der Waals surface area contributed by atoms with E-state index in [4.69, 9.17) is 5.73 Å². The average molecular weight is 305 g/mol. The van der Waals surface area contributed by atoms with E-state index in [1.807, 2.05) is 0 Å². The number of hydrogen-bond donors (Lipinski definition) is 2. The van der Waals surface area contributed by atoms with E-state index >= 15 is 0 Å². The number of anilines is 1. The molecule has 0 bridgehead atoms. The van der Waals surface area contributed by atoms with E-state index in [0.717, 1.165) is 18.2 Å². The Morgan fingerprint density at radius 2 is 2.19 bits per heavy atom. The largest absolute Gasteiger partial charge is 0.366 e. The van der Waals surface area contributed by atoms with Crippen LogP contribution in [0.1, 0.15) is 29.6 Å². The standard InChI is InChI=1S/C10H13BrN2O2S/c11-5-2-1-3-8(14)13-10-7(9(12)15)4-6-16-10/h4,6H,1-3,5H2,(H2,12,15)(H,13,14). The molecule has 6 heteroatoms. The number of nitrogens with one attached hydrogen (secondary N) is 1. The first kappa shape index (κ1) is 13.2. The highest BCUT2D eigenvalue weighted by molar-refractivity contribution is 9.09. The van der Waals surface area contributed by atoms with Gasteiger partial charge in [0.1, 0.15) is 5.00 Å². The molecule has 0 saturated carbocycles. The van der Waals surface area contributed by atoms with Crippen LogP contribution in [0.2, 0.25) is 0 Å². The molecule has 0 unspecified atom stereocenters. The summed E-state index contributed by atoms with van der Waals surface area (Å²) in [6.45, 7) is 0. The van der Waals surface area contributed by atoms with Crippen LogP contribution < -0.4 is 11.1 Å². The molecule has 0 radical (unpaired) electrons. The fourth-order valence-electron chi connectivity index (χ4n) is 1.17. The molecule has 2 amide bonds. The fourth-order valence-corrected chi connectivity index (χ4v) is 2.37. The average Bonchev–Trinajstić information content (AvgIpc) is 2.66. The lowest BCUT2D eigenvalue weighted by molar-refractivity contribution is -0.116. The maximum Gasteiger partial charge on any atom is 0.251 e. The minimum Gasteiger partial charge on any atom is -0.366 e. The highest BCUT2D eigenvalue weighted by atomic mass is 79.9. The Bertz CT molecular complexity index is 379. The third-order valence-electron chi connectivity index (χ3n) is 1.97. The zero-order valence-corrected chi connectivity index (χ0v) is 11.1. The van der Waals surface area contributed by atoms with E-state index in [0.29, 0.717) is 17.0 Å². The van der Waals surface area contributed by atoms with Crippen LogP contribution in [0.25, 0.3) is 0 Å². The number of thiophene rings is 1. The summed E-state index contributed by atoms with van der Waals surface area (Å²) in [6, 6.07) is 1.61. The van der Waals surface area contributed by atoms with E-state index in [2.05, 4.69) is 21.2 Å². The first-order valence-corrected chi connectivity index (χ1v) is 6.88. The number of alkyl halides is 1. The van der Waals surface area contributed by atoms with E-state index in [1.165, 1.54) is 11.3 Å². The summed E-state index contributed by atoms with van der Waals surface area (Å²) in [5.74, 6) is -0.595. The number of rotatable bonds is 6. The smallest absolute Gasteiger partial charge is 0.251 e.